The fourth-order valence-electron chi connectivity index (χ4n) is 3.56. The molecule has 0 saturated carbocycles. The standard InChI is InChI=1S/C19H20N4O3/c1-2-20-18-21-10-13(11-22-18)17(25)23-8-7-19(12-23)9-15(24)14-5-3-4-6-16(14)26-19/h3-6,10-11H,2,7-9,12H2,1H3,(H,20,21,22)/t19-/m0/s1. The van der Waals surface area contributed by atoms with E-state index in [2.05, 4.69) is 15.3 Å². The number of Topliss-reactive ketones (excluding diaryl/α,β-unsaturated/α-hetero) is 1. The molecule has 2 aliphatic heterocycles. The average Bonchev–Trinajstić information content (AvgIpc) is 3.05. The number of benzene rings is 1. The highest BCUT2D eigenvalue weighted by atomic mass is 16.5. The highest BCUT2D eigenvalue weighted by Crippen LogP contribution is 2.38. The van der Waals surface area contributed by atoms with E-state index in [0.717, 1.165) is 6.54 Å². The molecule has 1 N–H and O–H groups in total. The van der Waals surface area contributed by atoms with Crippen LogP contribution in [-0.4, -0.2) is 51.8 Å². The quantitative estimate of drug-likeness (QED) is 0.911. The van der Waals surface area contributed by atoms with Gasteiger partial charge in [0.15, 0.2) is 5.78 Å². The second kappa shape index (κ2) is 6.40. The number of carbonyl (C=O) groups is 2. The van der Waals surface area contributed by atoms with Gasteiger partial charge in [-0.3, -0.25) is 9.59 Å². The van der Waals surface area contributed by atoms with Crippen LogP contribution in [0.15, 0.2) is 36.7 Å². The lowest BCUT2D eigenvalue weighted by Crippen LogP contribution is -2.45. The van der Waals surface area contributed by atoms with Crippen molar-refractivity contribution in [3.05, 3.63) is 47.8 Å². The van der Waals surface area contributed by atoms with E-state index in [0.29, 0.717) is 48.8 Å². The van der Waals surface area contributed by atoms with Crippen LogP contribution in [0.3, 0.4) is 0 Å². The van der Waals surface area contributed by atoms with Gasteiger partial charge in [0.05, 0.1) is 24.1 Å². The van der Waals surface area contributed by atoms with Crippen LogP contribution in [-0.2, 0) is 0 Å². The molecule has 1 amide bonds. The largest absolute Gasteiger partial charge is 0.484 e. The predicted octanol–water partition coefficient (Wildman–Crippen LogP) is 2.16. The van der Waals surface area contributed by atoms with Crippen LogP contribution in [0, 0.1) is 0 Å². The molecule has 0 aliphatic carbocycles. The van der Waals surface area contributed by atoms with Crippen LogP contribution < -0.4 is 10.1 Å². The molecule has 2 aromatic rings. The van der Waals surface area contributed by atoms with E-state index in [1.807, 2.05) is 25.1 Å². The Kier molecular flexibility index (Phi) is 4.06. The third-order valence-corrected chi connectivity index (χ3v) is 4.83. The molecule has 26 heavy (non-hydrogen) atoms. The molecule has 1 spiro atoms. The third kappa shape index (κ3) is 2.89. The lowest BCUT2D eigenvalue weighted by molar-refractivity contribution is 0.0428. The number of likely N-dealkylation sites (tertiary alicyclic amines) is 1. The molecule has 0 radical (unpaired) electrons. The number of anilines is 1. The van der Waals surface area contributed by atoms with Crippen molar-refractivity contribution in [2.24, 2.45) is 0 Å². The number of hydrogen-bond donors (Lipinski definition) is 1. The molecule has 1 saturated heterocycles. The molecule has 3 heterocycles. The molecule has 1 atom stereocenters. The smallest absolute Gasteiger partial charge is 0.257 e. The summed E-state index contributed by atoms with van der Waals surface area (Å²) in [4.78, 5) is 35.3. The normalized spacial score (nSPS) is 21.4. The van der Waals surface area contributed by atoms with Gasteiger partial charge in [0.1, 0.15) is 11.4 Å². The number of carbonyl (C=O) groups excluding carboxylic acids is 2. The lowest BCUT2D eigenvalue weighted by Gasteiger charge is -2.34. The summed E-state index contributed by atoms with van der Waals surface area (Å²) in [7, 11) is 0. The molecule has 0 unspecified atom stereocenters. The van der Waals surface area contributed by atoms with E-state index in [1.54, 1.807) is 11.0 Å². The number of fused-ring (bicyclic) bond motifs is 1. The van der Waals surface area contributed by atoms with E-state index in [-0.39, 0.29) is 11.7 Å². The Labute approximate surface area is 151 Å². The summed E-state index contributed by atoms with van der Waals surface area (Å²) in [5.41, 5.74) is 0.424. The van der Waals surface area contributed by atoms with Gasteiger partial charge in [-0.15, -0.1) is 0 Å². The zero-order chi connectivity index (χ0) is 18.1. The number of aromatic nitrogens is 2. The molecule has 1 fully saturated rings. The van der Waals surface area contributed by atoms with E-state index in [1.165, 1.54) is 12.4 Å². The van der Waals surface area contributed by atoms with Crippen LogP contribution in [0.2, 0.25) is 0 Å². The van der Waals surface area contributed by atoms with Crippen LogP contribution in [0.1, 0.15) is 40.5 Å². The van der Waals surface area contributed by atoms with Crippen molar-refractivity contribution >= 4 is 17.6 Å². The second-order valence-corrected chi connectivity index (χ2v) is 6.68. The molecular weight excluding hydrogens is 332 g/mol. The fraction of sp³-hybridized carbons (Fsp3) is 0.368. The van der Waals surface area contributed by atoms with Gasteiger partial charge in [0.2, 0.25) is 5.95 Å². The zero-order valence-corrected chi connectivity index (χ0v) is 14.6. The Bertz CT molecular complexity index is 852. The monoisotopic (exact) mass is 352 g/mol. The molecule has 7 heteroatoms. The molecular formula is C19H20N4O3. The second-order valence-electron chi connectivity index (χ2n) is 6.68. The number of hydrogen-bond acceptors (Lipinski definition) is 6. The number of amides is 1. The topological polar surface area (TPSA) is 84.4 Å². The lowest BCUT2D eigenvalue weighted by atomic mass is 9.89. The molecule has 2 aliphatic rings. The number of nitrogens with one attached hydrogen (secondary N) is 1. The van der Waals surface area contributed by atoms with E-state index in [9.17, 15) is 9.59 Å². The molecule has 7 nitrogen and oxygen atoms in total. The zero-order valence-electron chi connectivity index (χ0n) is 14.6. The summed E-state index contributed by atoms with van der Waals surface area (Å²) < 4.78 is 6.16. The predicted molar refractivity (Wildman–Crippen MR) is 95.5 cm³/mol. The maximum atomic E-state index is 12.8. The minimum Gasteiger partial charge on any atom is -0.484 e. The van der Waals surface area contributed by atoms with Gasteiger partial charge < -0.3 is 15.0 Å². The van der Waals surface area contributed by atoms with Crippen molar-refractivity contribution < 1.29 is 14.3 Å². The number of ketones is 1. The van der Waals surface area contributed by atoms with Gasteiger partial charge in [-0.05, 0) is 19.1 Å². The van der Waals surface area contributed by atoms with E-state index < -0.39 is 5.60 Å². The maximum absolute atomic E-state index is 12.8. The summed E-state index contributed by atoms with van der Waals surface area (Å²) in [6, 6.07) is 7.28. The van der Waals surface area contributed by atoms with Crippen molar-refractivity contribution in [2.75, 3.05) is 25.0 Å². The summed E-state index contributed by atoms with van der Waals surface area (Å²) in [6.45, 7) is 3.61. The van der Waals surface area contributed by atoms with Crippen molar-refractivity contribution in [2.45, 2.75) is 25.4 Å². The van der Waals surface area contributed by atoms with Crippen LogP contribution in [0.4, 0.5) is 5.95 Å². The van der Waals surface area contributed by atoms with Crippen molar-refractivity contribution in [1.29, 1.82) is 0 Å². The van der Waals surface area contributed by atoms with Crippen molar-refractivity contribution in [1.82, 2.24) is 14.9 Å². The summed E-state index contributed by atoms with van der Waals surface area (Å²) in [5, 5.41) is 3.00. The molecule has 134 valence electrons. The van der Waals surface area contributed by atoms with Crippen LogP contribution in [0.5, 0.6) is 5.75 Å². The first-order valence-electron chi connectivity index (χ1n) is 8.77. The first-order valence-corrected chi connectivity index (χ1v) is 8.77. The number of para-hydroxylation sites is 1. The molecule has 1 aromatic carbocycles. The first kappa shape index (κ1) is 16.5. The van der Waals surface area contributed by atoms with Crippen LogP contribution >= 0.6 is 0 Å². The Morgan fingerprint density at radius 2 is 2.08 bits per heavy atom. The summed E-state index contributed by atoms with van der Waals surface area (Å²) >= 11 is 0. The van der Waals surface area contributed by atoms with Gasteiger partial charge in [-0.2, -0.15) is 0 Å². The van der Waals surface area contributed by atoms with E-state index >= 15 is 0 Å². The fourth-order valence-corrected chi connectivity index (χ4v) is 3.56. The number of rotatable bonds is 3. The summed E-state index contributed by atoms with van der Waals surface area (Å²) in [5.74, 6) is 1.04. The van der Waals surface area contributed by atoms with Gasteiger partial charge >= 0.3 is 0 Å². The van der Waals surface area contributed by atoms with Gasteiger partial charge in [-0.25, -0.2) is 9.97 Å². The van der Waals surface area contributed by atoms with Crippen molar-refractivity contribution in [3.8, 4) is 5.75 Å². The molecule has 4 rings (SSSR count). The maximum Gasteiger partial charge on any atom is 0.257 e. The minimum atomic E-state index is -0.633. The SMILES string of the molecule is CCNc1ncc(C(=O)N2CC[C@]3(CC(=O)c4ccccc4O3)C2)cn1. The number of nitrogens with zero attached hydrogens (tertiary/aromatic N) is 3. The third-order valence-electron chi connectivity index (χ3n) is 4.83. The Hall–Kier alpha value is -2.96. The Balaban J connectivity index is 1.50. The highest BCUT2D eigenvalue weighted by Gasteiger charge is 2.47. The molecule has 1 aromatic heterocycles. The molecule has 0 bridgehead atoms. The number of ether oxygens (including phenoxy) is 1. The Morgan fingerprint density at radius 1 is 1.31 bits per heavy atom. The van der Waals surface area contributed by atoms with E-state index in [4.69, 9.17) is 4.74 Å². The Morgan fingerprint density at radius 3 is 2.85 bits per heavy atom. The average molecular weight is 352 g/mol. The van der Waals surface area contributed by atoms with Crippen LogP contribution in [0.25, 0.3) is 0 Å². The van der Waals surface area contributed by atoms with Gasteiger partial charge in [0, 0.05) is 31.9 Å². The van der Waals surface area contributed by atoms with Crippen molar-refractivity contribution in [3.63, 3.8) is 0 Å². The summed E-state index contributed by atoms with van der Waals surface area (Å²) in [6.07, 6.45) is 3.99. The first-order chi connectivity index (χ1) is 12.6. The minimum absolute atomic E-state index is 0.0690. The highest BCUT2D eigenvalue weighted by molar-refractivity contribution is 6.00. The van der Waals surface area contributed by atoms with Gasteiger partial charge in [0.25, 0.3) is 5.91 Å². The van der Waals surface area contributed by atoms with Gasteiger partial charge in [-0.1, -0.05) is 12.1 Å².